The van der Waals surface area contributed by atoms with Gasteiger partial charge >= 0.3 is 0 Å². The Morgan fingerprint density at radius 3 is 2.85 bits per heavy atom. The molecule has 0 bridgehead atoms. The molecule has 1 spiro atoms. The van der Waals surface area contributed by atoms with E-state index in [1.165, 1.54) is 6.42 Å². The SMILES string of the molecule is CCN1CCNC(=O)C2(CCC2)C1. The average Bonchev–Trinajstić information content (AvgIpc) is 2.23. The van der Waals surface area contributed by atoms with Crippen molar-refractivity contribution in [1.82, 2.24) is 10.2 Å². The first-order valence-electron chi connectivity index (χ1n) is 5.27. The molecule has 3 heteroatoms. The van der Waals surface area contributed by atoms with E-state index >= 15 is 0 Å². The van der Waals surface area contributed by atoms with Crippen LogP contribution in [0.15, 0.2) is 0 Å². The Labute approximate surface area is 79.5 Å². The van der Waals surface area contributed by atoms with Crippen molar-refractivity contribution in [1.29, 1.82) is 0 Å². The molecule has 13 heavy (non-hydrogen) atoms. The molecule has 1 aliphatic heterocycles. The molecule has 1 saturated carbocycles. The van der Waals surface area contributed by atoms with E-state index in [4.69, 9.17) is 0 Å². The second-order valence-electron chi connectivity index (χ2n) is 4.26. The van der Waals surface area contributed by atoms with Crippen molar-refractivity contribution in [2.24, 2.45) is 5.41 Å². The Bertz CT molecular complexity index is 211. The fourth-order valence-corrected chi connectivity index (χ4v) is 2.35. The van der Waals surface area contributed by atoms with E-state index in [9.17, 15) is 4.79 Å². The fraction of sp³-hybridized carbons (Fsp3) is 0.900. The molecule has 0 aromatic carbocycles. The highest BCUT2D eigenvalue weighted by Crippen LogP contribution is 2.42. The van der Waals surface area contributed by atoms with Crippen LogP contribution in [0.1, 0.15) is 26.2 Å². The summed E-state index contributed by atoms with van der Waals surface area (Å²) in [6.07, 6.45) is 3.41. The predicted molar refractivity (Wildman–Crippen MR) is 51.4 cm³/mol. The Balaban J connectivity index is 2.09. The number of likely N-dealkylation sites (N-methyl/N-ethyl adjacent to an activating group) is 1. The molecule has 3 nitrogen and oxygen atoms in total. The van der Waals surface area contributed by atoms with Crippen LogP contribution in [0.5, 0.6) is 0 Å². The van der Waals surface area contributed by atoms with Gasteiger partial charge in [0.25, 0.3) is 0 Å². The van der Waals surface area contributed by atoms with Gasteiger partial charge in [-0.1, -0.05) is 13.3 Å². The van der Waals surface area contributed by atoms with Gasteiger partial charge in [0.05, 0.1) is 5.41 Å². The van der Waals surface area contributed by atoms with Gasteiger partial charge in [-0.3, -0.25) is 4.79 Å². The number of hydrogen-bond acceptors (Lipinski definition) is 2. The molecule has 1 aliphatic carbocycles. The highest BCUT2D eigenvalue weighted by atomic mass is 16.2. The first-order chi connectivity index (χ1) is 6.27. The minimum Gasteiger partial charge on any atom is -0.354 e. The van der Waals surface area contributed by atoms with Crippen molar-refractivity contribution < 1.29 is 4.79 Å². The smallest absolute Gasteiger partial charge is 0.227 e. The van der Waals surface area contributed by atoms with Gasteiger partial charge in [-0.25, -0.2) is 0 Å². The third-order valence-corrected chi connectivity index (χ3v) is 3.48. The molecule has 1 saturated heterocycles. The maximum atomic E-state index is 11.7. The summed E-state index contributed by atoms with van der Waals surface area (Å²) in [4.78, 5) is 14.1. The number of nitrogens with one attached hydrogen (secondary N) is 1. The van der Waals surface area contributed by atoms with Gasteiger partial charge < -0.3 is 10.2 Å². The predicted octanol–water partition coefficient (Wildman–Crippen LogP) is 0.608. The van der Waals surface area contributed by atoms with E-state index in [1.54, 1.807) is 0 Å². The number of amides is 1. The highest BCUT2D eigenvalue weighted by molar-refractivity contribution is 5.84. The van der Waals surface area contributed by atoms with Gasteiger partial charge in [-0.15, -0.1) is 0 Å². The van der Waals surface area contributed by atoms with E-state index in [0.717, 1.165) is 39.0 Å². The maximum Gasteiger partial charge on any atom is 0.227 e. The second kappa shape index (κ2) is 3.29. The third-order valence-electron chi connectivity index (χ3n) is 3.48. The summed E-state index contributed by atoms with van der Waals surface area (Å²) in [7, 11) is 0. The number of rotatable bonds is 1. The van der Waals surface area contributed by atoms with Crippen LogP contribution in [0.4, 0.5) is 0 Å². The first kappa shape index (κ1) is 9.00. The normalized spacial score (nSPS) is 27.9. The summed E-state index contributed by atoms with van der Waals surface area (Å²) in [6, 6.07) is 0. The first-order valence-corrected chi connectivity index (χ1v) is 5.27. The topological polar surface area (TPSA) is 32.3 Å². The van der Waals surface area contributed by atoms with E-state index < -0.39 is 0 Å². The summed E-state index contributed by atoms with van der Waals surface area (Å²) in [6.45, 7) is 6.06. The number of carbonyl (C=O) groups is 1. The Kier molecular flexibility index (Phi) is 2.28. The van der Waals surface area contributed by atoms with Crippen LogP contribution in [0.2, 0.25) is 0 Å². The van der Waals surface area contributed by atoms with Crippen LogP contribution in [0.3, 0.4) is 0 Å². The standard InChI is InChI=1S/C10H18N2O/c1-2-12-7-6-11-9(13)10(8-12)4-3-5-10/h2-8H2,1H3,(H,11,13). The summed E-state index contributed by atoms with van der Waals surface area (Å²) in [5, 5.41) is 3.02. The fourth-order valence-electron chi connectivity index (χ4n) is 2.35. The molecular weight excluding hydrogens is 164 g/mol. The van der Waals surface area contributed by atoms with Crippen LogP contribution in [-0.2, 0) is 4.79 Å². The molecular formula is C10H18N2O. The molecule has 0 radical (unpaired) electrons. The molecule has 0 aromatic heterocycles. The molecule has 2 fully saturated rings. The molecule has 2 rings (SSSR count). The maximum absolute atomic E-state index is 11.7. The van der Waals surface area contributed by atoms with Crippen molar-refractivity contribution in [2.75, 3.05) is 26.2 Å². The van der Waals surface area contributed by atoms with Crippen LogP contribution in [0.25, 0.3) is 0 Å². The van der Waals surface area contributed by atoms with E-state index in [-0.39, 0.29) is 5.41 Å². The van der Waals surface area contributed by atoms with Gasteiger partial charge in [-0.05, 0) is 19.4 Å². The molecule has 0 aromatic rings. The lowest BCUT2D eigenvalue weighted by Crippen LogP contribution is -2.48. The quantitative estimate of drug-likeness (QED) is 0.644. The minimum atomic E-state index is -0.00743. The highest BCUT2D eigenvalue weighted by Gasteiger charge is 2.45. The van der Waals surface area contributed by atoms with Crippen molar-refractivity contribution in [3.05, 3.63) is 0 Å². The van der Waals surface area contributed by atoms with Crippen LogP contribution < -0.4 is 5.32 Å². The van der Waals surface area contributed by atoms with Gasteiger partial charge in [0.2, 0.25) is 5.91 Å². The molecule has 1 N–H and O–H groups in total. The molecule has 1 heterocycles. The van der Waals surface area contributed by atoms with Crippen molar-refractivity contribution in [2.45, 2.75) is 26.2 Å². The molecule has 0 unspecified atom stereocenters. The van der Waals surface area contributed by atoms with Gasteiger partial charge in [0, 0.05) is 19.6 Å². The summed E-state index contributed by atoms with van der Waals surface area (Å²) >= 11 is 0. The van der Waals surface area contributed by atoms with E-state index in [0.29, 0.717) is 5.91 Å². The summed E-state index contributed by atoms with van der Waals surface area (Å²) < 4.78 is 0. The van der Waals surface area contributed by atoms with E-state index in [1.807, 2.05) is 0 Å². The van der Waals surface area contributed by atoms with Gasteiger partial charge in [-0.2, -0.15) is 0 Å². The largest absolute Gasteiger partial charge is 0.354 e. The minimum absolute atomic E-state index is 0.00743. The lowest BCUT2D eigenvalue weighted by molar-refractivity contribution is -0.135. The van der Waals surface area contributed by atoms with Crippen LogP contribution >= 0.6 is 0 Å². The molecule has 2 aliphatic rings. The molecule has 1 amide bonds. The average molecular weight is 182 g/mol. The van der Waals surface area contributed by atoms with Crippen LogP contribution in [-0.4, -0.2) is 37.0 Å². The third kappa shape index (κ3) is 1.46. The van der Waals surface area contributed by atoms with Crippen molar-refractivity contribution >= 4 is 5.91 Å². The van der Waals surface area contributed by atoms with Crippen molar-refractivity contribution in [3.8, 4) is 0 Å². The zero-order valence-electron chi connectivity index (χ0n) is 8.31. The molecule has 0 atom stereocenters. The number of carbonyl (C=O) groups excluding carboxylic acids is 1. The lowest BCUT2D eigenvalue weighted by Gasteiger charge is -2.41. The Morgan fingerprint density at radius 1 is 1.54 bits per heavy atom. The van der Waals surface area contributed by atoms with Gasteiger partial charge in [0.15, 0.2) is 0 Å². The number of hydrogen-bond donors (Lipinski definition) is 1. The zero-order chi connectivity index (χ0) is 9.31. The Morgan fingerprint density at radius 2 is 2.31 bits per heavy atom. The van der Waals surface area contributed by atoms with E-state index in [2.05, 4.69) is 17.1 Å². The summed E-state index contributed by atoms with van der Waals surface area (Å²) in [5.41, 5.74) is -0.00743. The zero-order valence-corrected chi connectivity index (χ0v) is 8.31. The van der Waals surface area contributed by atoms with Crippen LogP contribution in [0, 0.1) is 5.41 Å². The Hall–Kier alpha value is -0.570. The lowest BCUT2D eigenvalue weighted by atomic mass is 9.68. The molecule has 74 valence electrons. The monoisotopic (exact) mass is 182 g/mol. The summed E-state index contributed by atoms with van der Waals surface area (Å²) in [5.74, 6) is 0.301. The van der Waals surface area contributed by atoms with Gasteiger partial charge in [0.1, 0.15) is 0 Å². The second-order valence-corrected chi connectivity index (χ2v) is 4.26. The number of nitrogens with zero attached hydrogens (tertiary/aromatic N) is 1. The van der Waals surface area contributed by atoms with Crippen molar-refractivity contribution in [3.63, 3.8) is 0 Å².